The fourth-order valence-electron chi connectivity index (χ4n) is 1.48. The van der Waals surface area contributed by atoms with E-state index in [0.29, 0.717) is 0 Å². The quantitative estimate of drug-likeness (QED) is 0.946. The first kappa shape index (κ1) is 12.4. The van der Waals surface area contributed by atoms with Crippen LogP contribution in [0.1, 0.15) is 12.6 Å². The Balaban J connectivity index is 2.29. The maximum absolute atomic E-state index is 6.05. The van der Waals surface area contributed by atoms with Crippen molar-refractivity contribution in [2.45, 2.75) is 23.4 Å². The van der Waals surface area contributed by atoms with E-state index in [1.807, 2.05) is 30.8 Å². The molecule has 0 aliphatic heterocycles. The summed E-state index contributed by atoms with van der Waals surface area (Å²) in [5.41, 5.74) is 7.74. The molecule has 2 rings (SSSR count). The summed E-state index contributed by atoms with van der Waals surface area (Å²) in [7, 11) is 1.90. The van der Waals surface area contributed by atoms with Crippen LogP contribution in [0.2, 0.25) is 0 Å². The predicted molar refractivity (Wildman–Crippen MR) is 73.1 cm³/mol. The van der Waals surface area contributed by atoms with Crippen molar-refractivity contribution >= 4 is 33.4 Å². The van der Waals surface area contributed by atoms with Crippen LogP contribution in [-0.2, 0) is 13.5 Å². The minimum Gasteiger partial charge on any atom is -0.395 e. The number of nitrogens with two attached hydrogens (primary N) is 1. The van der Waals surface area contributed by atoms with Crippen LogP contribution >= 0.6 is 27.7 Å². The van der Waals surface area contributed by atoms with E-state index in [-0.39, 0.29) is 0 Å². The standard InChI is InChI=1S/C11H13BrN4S/c1-3-8-10(13)11(16(2)15-8)17-9-5-4-7(12)6-14-9/h4-6H,3,13H2,1-2H3. The lowest BCUT2D eigenvalue weighted by atomic mass is 10.3. The molecule has 0 unspecified atom stereocenters. The second-order valence-corrected chi connectivity index (χ2v) is 5.48. The molecule has 2 aromatic rings. The van der Waals surface area contributed by atoms with Crippen LogP contribution in [0.5, 0.6) is 0 Å². The summed E-state index contributed by atoms with van der Waals surface area (Å²) in [4.78, 5) is 4.31. The maximum Gasteiger partial charge on any atom is 0.123 e. The number of rotatable bonds is 3. The van der Waals surface area contributed by atoms with Gasteiger partial charge in [0.25, 0.3) is 0 Å². The van der Waals surface area contributed by atoms with Crippen LogP contribution < -0.4 is 5.73 Å². The molecule has 2 heterocycles. The third-order valence-electron chi connectivity index (χ3n) is 2.34. The lowest BCUT2D eigenvalue weighted by Gasteiger charge is -2.02. The zero-order valence-corrected chi connectivity index (χ0v) is 12.0. The van der Waals surface area contributed by atoms with Crippen LogP contribution in [0.15, 0.2) is 32.9 Å². The number of anilines is 1. The van der Waals surface area contributed by atoms with Gasteiger partial charge in [-0.25, -0.2) is 4.98 Å². The fourth-order valence-corrected chi connectivity index (χ4v) is 2.56. The average molecular weight is 313 g/mol. The van der Waals surface area contributed by atoms with Crippen LogP contribution in [0.25, 0.3) is 0 Å². The van der Waals surface area contributed by atoms with Gasteiger partial charge in [-0.15, -0.1) is 0 Å². The third kappa shape index (κ3) is 2.63. The Kier molecular flexibility index (Phi) is 3.73. The highest BCUT2D eigenvalue weighted by atomic mass is 79.9. The fraction of sp³-hybridized carbons (Fsp3) is 0.273. The zero-order valence-electron chi connectivity index (χ0n) is 9.64. The molecule has 0 radical (unpaired) electrons. The molecule has 6 heteroatoms. The van der Waals surface area contributed by atoms with Crippen molar-refractivity contribution in [3.63, 3.8) is 0 Å². The lowest BCUT2D eigenvalue weighted by Crippen LogP contribution is -1.94. The van der Waals surface area contributed by atoms with Gasteiger partial charge in [0.05, 0.1) is 11.4 Å². The molecule has 0 bridgehead atoms. The van der Waals surface area contributed by atoms with E-state index in [0.717, 1.165) is 32.3 Å². The first-order chi connectivity index (χ1) is 8.11. The minimum absolute atomic E-state index is 0.754. The number of aromatic nitrogens is 3. The van der Waals surface area contributed by atoms with Gasteiger partial charge in [-0.1, -0.05) is 6.92 Å². The van der Waals surface area contributed by atoms with Gasteiger partial charge in [0.1, 0.15) is 10.1 Å². The van der Waals surface area contributed by atoms with Gasteiger partial charge in [-0.05, 0) is 46.2 Å². The van der Waals surface area contributed by atoms with E-state index < -0.39 is 0 Å². The van der Waals surface area contributed by atoms with Crippen molar-refractivity contribution < 1.29 is 0 Å². The maximum atomic E-state index is 6.05. The molecule has 0 aliphatic carbocycles. The van der Waals surface area contributed by atoms with Crippen molar-refractivity contribution in [1.29, 1.82) is 0 Å². The van der Waals surface area contributed by atoms with Crippen molar-refractivity contribution in [1.82, 2.24) is 14.8 Å². The first-order valence-corrected chi connectivity index (χ1v) is 6.83. The van der Waals surface area contributed by atoms with E-state index in [1.165, 1.54) is 11.8 Å². The summed E-state index contributed by atoms with van der Waals surface area (Å²) in [6.45, 7) is 2.05. The molecule has 0 aromatic carbocycles. The van der Waals surface area contributed by atoms with Crippen LogP contribution in [0.3, 0.4) is 0 Å². The van der Waals surface area contributed by atoms with Crippen LogP contribution in [0, 0.1) is 0 Å². The van der Waals surface area contributed by atoms with Crippen molar-refractivity contribution in [2.24, 2.45) is 7.05 Å². The van der Waals surface area contributed by atoms with Gasteiger partial charge < -0.3 is 5.73 Å². The molecule has 0 saturated carbocycles. The molecule has 4 nitrogen and oxygen atoms in total. The molecule has 17 heavy (non-hydrogen) atoms. The summed E-state index contributed by atoms with van der Waals surface area (Å²) in [5.74, 6) is 0. The molecule has 0 fully saturated rings. The van der Waals surface area contributed by atoms with Gasteiger partial charge in [0.2, 0.25) is 0 Å². The van der Waals surface area contributed by atoms with E-state index in [2.05, 4.69) is 26.0 Å². The Labute approximate surface area is 113 Å². The molecule has 0 spiro atoms. The highest BCUT2D eigenvalue weighted by Gasteiger charge is 2.13. The van der Waals surface area contributed by atoms with Gasteiger partial charge in [0.15, 0.2) is 0 Å². The number of nitrogens with zero attached hydrogens (tertiary/aromatic N) is 3. The van der Waals surface area contributed by atoms with Gasteiger partial charge in [-0.3, -0.25) is 4.68 Å². The molecule has 0 atom stereocenters. The Hall–Kier alpha value is -1.01. The summed E-state index contributed by atoms with van der Waals surface area (Å²) in [6, 6.07) is 3.91. The summed E-state index contributed by atoms with van der Waals surface area (Å²) in [6.07, 6.45) is 2.61. The lowest BCUT2D eigenvalue weighted by molar-refractivity contribution is 0.687. The third-order valence-corrected chi connectivity index (χ3v) is 3.94. The molecule has 2 aromatic heterocycles. The van der Waals surface area contributed by atoms with Crippen LogP contribution in [0.4, 0.5) is 5.69 Å². The highest BCUT2D eigenvalue weighted by Crippen LogP contribution is 2.32. The molecule has 0 aliphatic rings. The van der Waals surface area contributed by atoms with Crippen molar-refractivity contribution in [2.75, 3.05) is 5.73 Å². The largest absolute Gasteiger partial charge is 0.395 e. The van der Waals surface area contributed by atoms with Gasteiger partial charge >= 0.3 is 0 Å². The van der Waals surface area contributed by atoms with E-state index in [4.69, 9.17) is 5.73 Å². The van der Waals surface area contributed by atoms with Gasteiger partial charge in [-0.2, -0.15) is 5.10 Å². The number of nitrogen functional groups attached to an aromatic ring is 1. The summed E-state index contributed by atoms with van der Waals surface area (Å²) < 4.78 is 2.77. The first-order valence-electron chi connectivity index (χ1n) is 5.22. The van der Waals surface area contributed by atoms with Gasteiger partial charge in [0, 0.05) is 17.7 Å². The SMILES string of the molecule is CCc1nn(C)c(Sc2ccc(Br)cn2)c1N. The Morgan fingerprint density at radius 2 is 2.24 bits per heavy atom. The average Bonchev–Trinajstić information content (AvgIpc) is 2.59. The molecule has 90 valence electrons. The normalized spacial score (nSPS) is 10.8. The number of hydrogen-bond donors (Lipinski definition) is 1. The number of halogens is 1. The van der Waals surface area contributed by atoms with E-state index >= 15 is 0 Å². The summed E-state index contributed by atoms with van der Waals surface area (Å²) >= 11 is 4.89. The number of hydrogen-bond acceptors (Lipinski definition) is 4. The second-order valence-electron chi connectivity index (χ2n) is 3.56. The van der Waals surface area contributed by atoms with E-state index in [1.54, 1.807) is 6.20 Å². The Morgan fingerprint density at radius 1 is 1.47 bits per heavy atom. The Morgan fingerprint density at radius 3 is 2.76 bits per heavy atom. The molecule has 0 saturated heterocycles. The molecule has 0 amide bonds. The number of aryl methyl sites for hydroxylation is 2. The predicted octanol–water partition coefficient (Wildman–Crippen LogP) is 2.87. The smallest absolute Gasteiger partial charge is 0.123 e. The van der Waals surface area contributed by atoms with Crippen LogP contribution in [-0.4, -0.2) is 14.8 Å². The topological polar surface area (TPSA) is 56.7 Å². The molecule has 2 N–H and O–H groups in total. The molecular formula is C11H13BrN4S. The Bertz CT molecular complexity index is 521. The highest BCUT2D eigenvalue weighted by molar-refractivity contribution is 9.10. The monoisotopic (exact) mass is 312 g/mol. The van der Waals surface area contributed by atoms with Crippen molar-refractivity contribution in [3.8, 4) is 0 Å². The zero-order chi connectivity index (χ0) is 12.4. The van der Waals surface area contributed by atoms with Crippen molar-refractivity contribution in [3.05, 3.63) is 28.5 Å². The second kappa shape index (κ2) is 5.10. The summed E-state index contributed by atoms with van der Waals surface area (Å²) in [5, 5.41) is 6.23. The molecular weight excluding hydrogens is 300 g/mol. The minimum atomic E-state index is 0.754. The van der Waals surface area contributed by atoms with E-state index in [9.17, 15) is 0 Å². The number of pyridine rings is 1.